The number of fused-ring (bicyclic) bond motifs is 2. The summed E-state index contributed by atoms with van der Waals surface area (Å²) in [4.78, 5) is 43.5. The van der Waals surface area contributed by atoms with Crippen LogP contribution in [0, 0.1) is 0 Å². The number of allylic oxidation sites excluding steroid dienone is 1. The first kappa shape index (κ1) is 25.2. The van der Waals surface area contributed by atoms with Gasteiger partial charge in [-0.1, -0.05) is 53.8 Å². The number of thiazole rings is 1. The maximum absolute atomic E-state index is 13.9. The molecule has 1 aliphatic rings. The molecule has 1 aliphatic heterocycles. The van der Waals surface area contributed by atoms with Gasteiger partial charge in [0.2, 0.25) is 0 Å². The number of aromatic carboxylic acids is 1. The number of ether oxygens (including phenoxy) is 2. The van der Waals surface area contributed by atoms with Gasteiger partial charge in [-0.25, -0.2) is 14.6 Å². The minimum Gasteiger partial charge on any atom is -0.496 e. The molecule has 1 aromatic heterocycles. The monoisotopic (exact) mass is 528 g/mol. The number of esters is 1. The highest BCUT2D eigenvalue weighted by atomic mass is 32.1. The maximum atomic E-state index is 13.9. The number of aromatic nitrogens is 1. The zero-order valence-electron chi connectivity index (χ0n) is 20.9. The Hall–Kier alpha value is -4.50. The molecule has 8 nitrogen and oxygen atoms in total. The number of nitrogens with zero attached hydrogens (tertiary/aromatic N) is 2. The average Bonchev–Trinajstić information content (AvgIpc) is 3.21. The number of hydrogen-bond donors (Lipinski definition) is 1. The molecule has 0 radical (unpaired) electrons. The molecule has 0 saturated heterocycles. The fourth-order valence-corrected chi connectivity index (χ4v) is 5.72. The molecule has 0 unspecified atom stereocenters. The van der Waals surface area contributed by atoms with E-state index in [0.717, 1.165) is 10.8 Å². The van der Waals surface area contributed by atoms with Gasteiger partial charge in [-0.05, 0) is 54.5 Å². The van der Waals surface area contributed by atoms with E-state index in [4.69, 9.17) is 9.47 Å². The number of carbonyl (C=O) groups excluding carboxylic acids is 1. The number of hydrogen-bond acceptors (Lipinski definition) is 7. The molecule has 0 aliphatic carbocycles. The molecule has 192 valence electrons. The third-order valence-electron chi connectivity index (χ3n) is 6.40. The number of benzene rings is 3. The molecular weight excluding hydrogens is 504 g/mol. The molecule has 0 fully saturated rings. The van der Waals surface area contributed by atoms with Crippen LogP contribution >= 0.6 is 11.3 Å². The highest BCUT2D eigenvalue weighted by molar-refractivity contribution is 7.07. The molecule has 0 spiro atoms. The minimum absolute atomic E-state index is 0.154. The van der Waals surface area contributed by atoms with E-state index >= 15 is 0 Å². The highest BCUT2D eigenvalue weighted by Crippen LogP contribution is 2.40. The molecule has 38 heavy (non-hydrogen) atoms. The molecule has 1 atom stereocenters. The molecule has 9 heteroatoms. The fourth-order valence-electron chi connectivity index (χ4n) is 4.67. The largest absolute Gasteiger partial charge is 0.496 e. The molecule has 3 aromatic carbocycles. The van der Waals surface area contributed by atoms with Crippen LogP contribution in [0.1, 0.15) is 41.4 Å². The lowest BCUT2D eigenvalue weighted by atomic mass is 9.90. The lowest BCUT2D eigenvalue weighted by molar-refractivity contribution is -0.139. The van der Waals surface area contributed by atoms with Crippen molar-refractivity contribution in [3.63, 3.8) is 0 Å². The quantitative estimate of drug-likeness (QED) is 0.383. The summed E-state index contributed by atoms with van der Waals surface area (Å²) in [5.41, 5.74) is 1.89. The maximum Gasteiger partial charge on any atom is 0.338 e. The van der Waals surface area contributed by atoms with Crippen LogP contribution in [0.4, 0.5) is 0 Å². The average molecular weight is 529 g/mol. The zero-order chi connectivity index (χ0) is 27.0. The van der Waals surface area contributed by atoms with Crippen molar-refractivity contribution < 1.29 is 24.2 Å². The normalized spacial score (nSPS) is 15.2. The summed E-state index contributed by atoms with van der Waals surface area (Å²) in [7, 11) is 1.55. The topological polar surface area (TPSA) is 107 Å². The van der Waals surface area contributed by atoms with Crippen LogP contribution in [0.3, 0.4) is 0 Å². The van der Waals surface area contributed by atoms with Gasteiger partial charge in [-0.15, -0.1) is 0 Å². The van der Waals surface area contributed by atoms with Gasteiger partial charge in [0.05, 0.1) is 35.1 Å². The van der Waals surface area contributed by atoms with Gasteiger partial charge >= 0.3 is 11.9 Å². The van der Waals surface area contributed by atoms with Gasteiger partial charge < -0.3 is 14.6 Å². The van der Waals surface area contributed by atoms with Crippen molar-refractivity contribution in [2.24, 2.45) is 4.99 Å². The number of rotatable bonds is 6. The first-order valence-corrected chi connectivity index (χ1v) is 12.7. The molecule has 1 N–H and O–H groups in total. The fraction of sp³-hybridized carbons (Fsp3) is 0.172. The van der Waals surface area contributed by atoms with Gasteiger partial charge in [0, 0.05) is 5.56 Å². The number of carboxylic acids is 1. The molecule has 5 rings (SSSR count). The third kappa shape index (κ3) is 4.31. The number of carbonyl (C=O) groups is 2. The molecular formula is C29H24N2O6S. The van der Waals surface area contributed by atoms with Crippen molar-refractivity contribution >= 4 is 40.1 Å². The first-order valence-electron chi connectivity index (χ1n) is 11.9. The summed E-state index contributed by atoms with van der Waals surface area (Å²) < 4.78 is 13.1. The van der Waals surface area contributed by atoms with Crippen molar-refractivity contribution in [2.45, 2.75) is 19.9 Å². The summed E-state index contributed by atoms with van der Waals surface area (Å²) >= 11 is 1.20. The summed E-state index contributed by atoms with van der Waals surface area (Å²) in [6, 6.07) is 16.9. The van der Waals surface area contributed by atoms with E-state index in [9.17, 15) is 19.5 Å². The van der Waals surface area contributed by atoms with Crippen molar-refractivity contribution in [1.29, 1.82) is 0 Å². The highest BCUT2D eigenvalue weighted by Gasteiger charge is 2.36. The minimum atomic E-state index is -1.03. The van der Waals surface area contributed by atoms with E-state index in [1.165, 1.54) is 28.0 Å². The molecule has 0 saturated carbocycles. The van der Waals surface area contributed by atoms with Crippen molar-refractivity contribution in [2.75, 3.05) is 13.7 Å². The van der Waals surface area contributed by atoms with Crippen LogP contribution in [0.2, 0.25) is 0 Å². The van der Waals surface area contributed by atoms with Crippen LogP contribution in [0.25, 0.3) is 16.8 Å². The molecule has 4 aromatic rings. The second-order valence-corrected chi connectivity index (χ2v) is 9.64. The number of carboxylic acid groups (broad SMARTS) is 1. The first-order chi connectivity index (χ1) is 18.3. The third-order valence-corrected chi connectivity index (χ3v) is 7.38. The van der Waals surface area contributed by atoms with Gasteiger partial charge in [-0.2, -0.15) is 0 Å². The van der Waals surface area contributed by atoms with Crippen LogP contribution in [-0.2, 0) is 9.53 Å². The Kier molecular flexibility index (Phi) is 6.69. The summed E-state index contributed by atoms with van der Waals surface area (Å²) in [6.07, 6.45) is 1.69. The molecule has 0 amide bonds. The predicted octanol–water partition coefficient (Wildman–Crippen LogP) is 3.66. The van der Waals surface area contributed by atoms with E-state index < -0.39 is 18.0 Å². The van der Waals surface area contributed by atoms with Crippen molar-refractivity contribution in [3.8, 4) is 5.75 Å². The lowest BCUT2D eigenvalue weighted by Gasteiger charge is -2.27. The summed E-state index contributed by atoms with van der Waals surface area (Å²) in [6.45, 7) is 3.64. The van der Waals surface area contributed by atoms with Crippen molar-refractivity contribution in [3.05, 3.63) is 108 Å². The molecule has 2 heterocycles. The van der Waals surface area contributed by atoms with Gasteiger partial charge in [0.15, 0.2) is 4.80 Å². The van der Waals surface area contributed by atoms with E-state index in [-0.39, 0.29) is 23.3 Å². The van der Waals surface area contributed by atoms with E-state index in [1.807, 2.05) is 36.4 Å². The van der Waals surface area contributed by atoms with Gasteiger partial charge in [0.25, 0.3) is 5.56 Å². The van der Waals surface area contributed by atoms with E-state index in [2.05, 4.69) is 4.99 Å². The van der Waals surface area contributed by atoms with E-state index in [0.29, 0.717) is 31.9 Å². The van der Waals surface area contributed by atoms with Crippen molar-refractivity contribution in [1.82, 2.24) is 4.57 Å². The predicted molar refractivity (Wildman–Crippen MR) is 144 cm³/mol. The second kappa shape index (κ2) is 10.1. The summed E-state index contributed by atoms with van der Waals surface area (Å²) in [5.74, 6) is -1.04. The Morgan fingerprint density at radius 3 is 2.53 bits per heavy atom. The zero-order valence-corrected chi connectivity index (χ0v) is 21.7. The smallest absolute Gasteiger partial charge is 0.338 e. The number of methoxy groups -OCH3 is 1. The Bertz CT molecular complexity index is 1800. The second-order valence-electron chi connectivity index (χ2n) is 8.63. The lowest BCUT2D eigenvalue weighted by Crippen LogP contribution is -2.40. The van der Waals surface area contributed by atoms with Crippen LogP contribution in [0.15, 0.2) is 81.7 Å². The van der Waals surface area contributed by atoms with Crippen LogP contribution in [0.5, 0.6) is 5.75 Å². The Morgan fingerprint density at radius 1 is 1.11 bits per heavy atom. The van der Waals surface area contributed by atoms with E-state index in [1.54, 1.807) is 39.2 Å². The SMILES string of the molecule is CCOC(=O)C1=C(C)N=c2s/c(=C\c3ccc(C(=O)O)cc3)c(=O)n2[C@@H]1c1c(OC)ccc2ccccc12. The Morgan fingerprint density at radius 2 is 1.84 bits per heavy atom. The van der Waals surface area contributed by atoms with Crippen LogP contribution < -0.4 is 19.6 Å². The summed E-state index contributed by atoms with van der Waals surface area (Å²) in [5, 5.41) is 11.0. The van der Waals surface area contributed by atoms with Gasteiger partial charge in [-0.3, -0.25) is 9.36 Å². The Balaban J connectivity index is 1.80. The van der Waals surface area contributed by atoms with Crippen LogP contribution in [-0.4, -0.2) is 35.3 Å². The molecule has 0 bridgehead atoms. The standard InChI is InChI=1S/C29H24N2O6S/c1-4-37-28(35)23-16(2)30-29-31(25(23)24-20-8-6-5-7-18(20)13-14-21(24)36-3)26(32)22(38-29)15-17-9-11-19(12-10-17)27(33)34/h5-15,25H,4H2,1-3H3,(H,33,34)/b22-15-/t25-/m0/s1. The Labute approximate surface area is 221 Å². The van der Waals surface area contributed by atoms with Gasteiger partial charge in [0.1, 0.15) is 11.8 Å².